The van der Waals surface area contributed by atoms with E-state index < -0.39 is 0 Å². The van der Waals surface area contributed by atoms with Crippen molar-refractivity contribution in [3.8, 4) is 11.7 Å². The Balaban J connectivity index is 2.10. The fraction of sp³-hybridized carbons (Fsp3) is 0.429. The average Bonchev–Trinajstić information content (AvgIpc) is 2.30. The normalized spacial score (nSPS) is 17.8. The van der Waals surface area contributed by atoms with Crippen LogP contribution < -0.4 is 4.90 Å². The largest absolute Gasteiger partial charge is 0.371 e. The molecule has 0 atom stereocenters. The van der Waals surface area contributed by atoms with Gasteiger partial charge in [0.05, 0.1) is 0 Å². The molecule has 0 saturated heterocycles. The van der Waals surface area contributed by atoms with E-state index in [0.717, 1.165) is 0 Å². The van der Waals surface area contributed by atoms with Gasteiger partial charge in [0.15, 0.2) is 0 Å². The third-order valence-electron chi connectivity index (χ3n) is 3.48. The molecule has 0 saturated carbocycles. The molecule has 0 aromatic heterocycles. The number of anilines is 1. The number of nitrogens with zero attached hydrogens (tertiary/aromatic N) is 1. The van der Waals surface area contributed by atoms with Gasteiger partial charge in [0.25, 0.3) is 0 Å². The molecule has 0 aliphatic carbocycles. The van der Waals surface area contributed by atoms with E-state index in [0.29, 0.717) is 0 Å². The Morgan fingerprint density at radius 3 is 2.31 bits per heavy atom. The van der Waals surface area contributed by atoms with E-state index in [2.05, 4.69) is 22.3 Å². The molecule has 16 heavy (non-hydrogen) atoms. The van der Waals surface area contributed by atoms with E-state index in [1.807, 2.05) is 0 Å². The minimum Gasteiger partial charge on any atom is -0.371 e. The van der Waals surface area contributed by atoms with Crippen LogP contribution in [0.15, 0.2) is 17.0 Å². The minimum absolute atomic E-state index is 1.22. The number of rotatable bonds is 1. The summed E-state index contributed by atoms with van der Waals surface area (Å²) < 4.78 is 0. The van der Waals surface area contributed by atoms with Gasteiger partial charge >= 0.3 is 0 Å². The van der Waals surface area contributed by atoms with E-state index >= 15 is 0 Å². The van der Waals surface area contributed by atoms with E-state index in [-0.39, 0.29) is 0 Å². The van der Waals surface area contributed by atoms with Crippen LogP contribution in [0.2, 0.25) is 0 Å². The summed E-state index contributed by atoms with van der Waals surface area (Å²) in [5, 5.41) is 2.67. The molecule has 0 spiro atoms. The molecule has 0 unspecified atom stereocenters. The number of benzene rings is 1. The van der Waals surface area contributed by atoms with Gasteiger partial charge < -0.3 is 4.90 Å². The van der Waals surface area contributed by atoms with Crippen molar-refractivity contribution in [3.63, 3.8) is 0 Å². The third-order valence-corrected chi connectivity index (χ3v) is 4.07. The van der Waals surface area contributed by atoms with Gasteiger partial charge in [-0.25, -0.2) is 0 Å². The van der Waals surface area contributed by atoms with E-state index in [1.54, 1.807) is 0 Å². The van der Waals surface area contributed by atoms with Gasteiger partial charge in [0, 0.05) is 23.7 Å². The van der Waals surface area contributed by atoms with Gasteiger partial charge in [-0.05, 0) is 66.0 Å². The lowest BCUT2D eigenvalue weighted by atomic mass is 9.92. The SMILES string of the molecule is C#CSc1cc2c3c(c1)CCCN3CCC2. The number of terminal acetylenes is 1. The number of thioether (sulfide) groups is 1. The second-order valence-corrected chi connectivity index (χ2v) is 5.42. The zero-order valence-electron chi connectivity index (χ0n) is 9.33. The Kier molecular flexibility index (Phi) is 2.57. The van der Waals surface area contributed by atoms with Crippen LogP contribution in [0.1, 0.15) is 24.0 Å². The highest BCUT2D eigenvalue weighted by Gasteiger charge is 2.23. The summed E-state index contributed by atoms with van der Waals surface area (Å²) in [5.74, 6) is 0. The molecule has 1 aromatic carbocycles. The first-order chi connectivity index (χ1) is 7.88. The van der Waals surface area contributed by atoms with Crippen LogP contribution in [0.25, 0.3) is 0 Å². The predicted octanol–water partition coefficient (Wildman–Crippen LogP) is 3.07. The van der Waals surface area contributed by atoms with E-state index in [1.165, 1.54) is 72.2 Å². The number of aryl methyl sites for hydroxylation is 2. The Hall–Kier alpha value is -1.07. The summed E-state index contributed by atoms with van der Waals surface area (Å²) >= 11 is 1.51. The van der Waals surface area contributed by atoms with Gasteiger partial charge in [-0.2, -0.15) is 0 Å². The van der Waals surface area contributed by atoms with E-state index in [4.69, 9.17) is 6.42 Å². The first-order valence-electron chi connectivity index (χ1n) is 5.91. The first kappa shape index (κ1) is 10.1. The van der Waals surface area contributed by atoms with Crippen LogP contribution in [0.5, 0.6) is 0 Å². The smallest absolute Gasteiger partial charge is 0.0432 e. The number of hydrogen-bond donors (Lipinski definition) is 0. The van der Waals surface area contributed by atoms with E-state index in [9.17, 15) is 0 Å². The Labute approximate surface area is 101 Å². The Bertz CT molecular complexity index is 427. The molecule has 1 nitrogen and oxygen atoms in total. The second-order valence-electron chi connectivity index (χ2n) is 4.50. The molecule has 2 aliphatic rings. The maximum atomic E-state index is 5.37. The van der Waals surface area contributed by atoms with Crippen molar-refractivity contribution in [1.82, 2.24) is 0 Å². The summed E-state index contributed by atoms with van der Waals surface area (Å²) in [4.78, 5) is 3.81. The third kappa shape index (κ3) is 1.60. The molecule has 0 N–H and O–H groups in total. The van der Waals surface area contributed by atoms with Gasteiger partial charge in [-0.1, -0.05) is 0 Å². The molecule has 2 heteroatoms. The Morgan fingerprint density at radius 1 is 1.12 bits per heavy atom. The molecule has 2 aliphatic heterocycles. The van der Waals surface area contributed by atoms with Gasteiger partial charge in [0.1, 0.15) is 0 Å². The summed E-state index contributed by atoms with van der Waals surface area (Å²) in [6.45, 7) is 2.48. The zero-order valence-corrected chi connectivity index (χ0v) is 10.1. The lowest BCUT2D eigenvalue weighted by Crippen LogP contribution is -2.34. The van der Waals surface area contributed by atoms with Crippen LogP contribution in [-0.4, -0.2) is 13.1 Å². The summed E-state index contributed by atoms with van der Waals surface area (Å²) in [6, 6.07) is 4.58. The molecule has 1 aromatic rings. The maximum absolute atomic E-state index is 5.37. The van der Waals surface area contributed by atoms with Crippen LogP contribution >= 0.6 is 11.8 Å². The van der Waals surface area contributed by atoms with Crippen LogP contribution in [0.4, 0.5) is 5.69 Å². The number of hydrogen-bond acceptors (Lipinski definition) is 2. The molecular weight excluding hydrogens is 214 g/mol. The fourth-order valence-corrected chi connectivity index (χ4v) is 3.44. The molecule has 0 fully saturated rings. The lowest BCUT2D eigenvalue weighted by molar-refractivity contribution is 0.632. The molecule has 2 heterocycles. The summed E-state index contributed by atoms with van der Waals surface area (Å²) in [6.07, 6.45) is 10.4. The summed E-state index contributed by atoms with van der Waals surface area (Å²) in [5.41, 5.74) is 4.56. The molecule has 0 bridgehead atoms. The first-order valence-corrected chi connectivity index (χ1v) is 6.73. The topological polar surface area (TPSA) is 3.24 Å². The van der Waals surface area contributed by atoms with Crippen molar-refractivity contribution in [3.05, 3.63) is 23.3 Å². The van der Waals surface area contributed by atoms with Crippen LogP contribution in [0, 0.1) is 11.7 Å². The van der Waals surface area contributed by atoms with Crippen LogP contribution in [0.3, 0.4) is 0 Å². The monoisotopic (exact) mass is 229 g/mol. The Morgan fingerprint density at radius 2 is 1.75 bits per heavy atom. The fourth-order valence-electron chi connectivity index (χ4n) is 2.90. The van der Waals surface area contributed by atoms with Crippen molar-refractivity contribution in [2.24, 2.45) is 0 Å². The van der Waals surface area contributed by atoms with Crippen molar-refractivity contribution in [2.45, 2.75) is 30.6 Å². The minimum atomic E-state index is 1.22. The van der Waals surface area contributed by atoms with Gasteiger partial charge in [0.2, 0.25) is 0 Å². The molecule has 0 amide bonds. The van der Waals surface area contributed by atoms with Crippen LogP contribution in [-0.2, 0) is 12.8 Å². The highest BCUT2D eigenvalue weighted by atomic mass is 32.2. The lowest BCUT2D eigenvalue weighted by Gasteiger charge is -2.37. The summed E-state index contributed by atoms with van der Waals surface area (Å²) in [7, 11) is 0. The van der Waals surface area contributed by atoms with Gasteiger partial charge in [-0.3, -0.25) is 0 Å². The van der Waals surface area contributed by atoms with Crippen molar-refractivity contribution in [1.29, 1.82) is 0 Å². The average molecular weight is 229 g/mol. The maximum Gasteiger partial charge on any atom is 0.0432 e. The second kappa shape index (κ2) is 4.07. The van der Waals surface area contributed by atoms with Crippen molar-refractivity contribution >= 4 is 17.4 Å². The van der Waals surface area contributed by atoms with Gasteiger partial charge in [-0.15, -0.1) is 6.42 Å². The molecule has 0 radical (unpaired) electrons. The quantitative estimate of drug-likeness (QED) is 0.538. The highest BCUT2D eigenvalue weighted by Crippen LogP contribution is 2.37. The standard InChI is InChI=1S/C14H15NS/c1-2-16-13-9-11-5-3-7-15-8-4-6-12(10-13)14(11)15/h1,9-10H,3-8H2. The van der Waals surface area contributed by atoms with Crippen molar-refractivity contribution in [2.75, 3.05) is 18.0 Å². The molecule has 82 valence electrons. The zero-order chi connectivity index (χ0) is 11.0. The molecule has 3 rings (SSSR count). The molecular formula is C14H15NS. The predicted molar refractivity (Wildman–Crippen MR) is 70.0 cm³/mol. The van der Waals surface area contributed by atoms with Crippen molar-refractivity contribution < 1.29 is 0 Å². The highest BCUT2D eigenvalue weighted by molar-refractivity contribution is 8.03.